The van der Waals surface area contributed by atoms with E-state index in [1.165, 1.54) is 4.57 Å². The summed E-state index contributed by atoms with van der Waals surface area (Å²) in [6.45, 7) is 1.60. The zero-order chi connectivity index (χ0) is 22.5. The molecule has 2 aromatic carbocycles. The van der Waals surface area contributed by atoms with Crippen LogP contribution in [-0.4, -0.2) is 9.67 Å². The molecule has 0 saturated heterocycles. The number of nitriles is 1. The largest absolute Gasteiger partial charge is 0.493 e. The minimum absolute atomic E-state index is 0.0575. The number of azo groups is 2. The van der Waals surface area contributed by atoms with Crippen LogP contribution in [0.1, 0.15) is 42.9 Å². The van der Waals surface area contributed by atoms with Gasteiger partial charge in [-0.15, -0.1) is 5.11 Å². The summed E-state index contributed by atoms with van der Waals surface area (Å²) in [4.78, 5) is 13.1. The molecule has 1 aliphatic rings. The van der Waals surface area contributed by atoms with Gasteiger partial charge in [0.25, 0.3) is 5.56 Å². The van der Waals surface area contributed by atoms with E-state index in [4.69, 9.17) is 0 Å². The summed E-state index contributed by atoms with van der Waals surface area (Å²) in [6.07, 6.45) is 3.54. The maximum Gasteiger partial charge on any atom is 0.281 e. The summed E-state index contributed by atoms with van der Waals surface area (Å²) in [5.74, 6) is -0.283. The Kier molecular flexibility index (Phi) is 6.17. The molecule has 0 aliphatic heterocycles. The number of pyridine rings is 1. The van der Waals surface area contributed by atoms with E-state index in [1.54, 1.807) is 31.2 Å². The average Bonchev–Trinajstić information content (AvgIpc) is 3.34. The highest BCUT2D eigenvalue weighted by Crippen LogP contribution is 2.35. The number of hydrogen-bond acceptors (Lipinski definition) is 7. The van der Waals surface area contributed by atoms with Crippen molar-refractivity contribution in [1.82, 2.24) is 4.57 Å². The number of rotatable bonds is 5. The zero-order valence-electron chi connectivity index (χ0n) is 17.6. The van der Waals surface area contributed by atoms with E-state index in [0.29, 0.717) is 16.9 Å². The Morgan fingerprint density at radius 1 is 0.906 bits per heavy atom. The normalized spacial score (nSPS) is 14.4. The first-order valence-corrected chi connectivity index (χ1v) is 10.4. The second-order valence-electron chi connectivity index (χ2n) is 7.65. The molecule has 1 saturated carbocycles. The smallest absolute Gasteiger partial charge is 0.281 e. The molecule has 4 rings (SSSR count). The van der Waals surface area contributed by atoms with Gasteiger partial charge in [-0.1, -0.05) is 31.0 Å². The van der Waals surface area contributed by atoms with E-state index in [-0.39, 0.29) is 23.2 Å². The third kappa shape index (κ3) is 4.32. The van der Waals surface area contributed by atoms with Gasteiger partial charge in [0.15, 0.2) is 5.69 Å². The van der Waals surface area contributed by atoms with Gasteiger partial charge in [-0.3, -0.25) is 9.36 Å². The van der Waals surface area contributed by atoms with Crippen LogP contribution in [0.3, 0.4) is 0 Å². The molecule has 0 unspecified atom stereocenters. The van der Waals surface area contributed by atoms with Gasteiger partial charge in [-0.2, -0.15) is 20.6 Å². The van der Waals surface area contributed by atoms with Crippen molar-refractivity contribution in [2.45, 2.75) is 38.6 Å². The van der Waals surface area contributed by atoms with Crippen molar-refractivity contribution in [1.29, 1.82) is 5.26 Å². The van der Waals surface area contributed by atoms with Crippen LogP contribution in [0.25, 0.3) is 0 Å². The van der Waals surface area contributed by atoms with Gasteiger partial charge in [0, 0.05) is 11.6 Å². The fourth-order valence-electron chi connectivity index (χ4n) is 3.83. The number of aromatic hydroxyl groups is 1. The van der Waals surface area contributed by atoms with Crippen LogP contribution >= 0.6 is 0 Å². The number of aromatic nitrogens is 1. The highest BCUT2D eigenvalue weighted by Gasteiger charge is 2.26. The predicted molar refractivity (Wildman–Crippen MR) is 121 cm³/mol. The molecule has 3 aromatic rings. The lowest BCUT2D eigenvalue weighted by atomic mass is 10.1. The first kappa shape index (κ1) is 21.1. The van der Waals surface area contributed by atoms with Crippen LogP contribution < -0.4 is 5.56 Å². The van der Waals surface area contributed by atoms with E-state index in [0.717, 1.165) is 31.4 Å². The topological polar surface area (TPSA) is 115 Å². The van der Waals surface area contributed by atoms with Crippen molar-refractivity contribution in [2.24, 2.45) is 20.5 Å². The molecule has 1 N–H and O–H groups in total. The fraction of sp³-hybridized carbons (Fsp3) is 0.250. The van der Waals surface area contributed by atoms with Crippen LogP contribution in [0, 0.1) is 18.3 Å². The lowest BCUT2D eigenvalue weighted by Gasteiger charge is -2.18. The first-order chi connectivity index (χ1) is 15.6. The summed E-state index contributed by atoms with van der Waals surface area (Å²) in [7, 11) is 0. The third-order valence-electron chi connectivity index (χ3n) is 5.56. The van der Waals surface area contributed by atoms with Crippen molar-refractivity contribution < 1.29 is 5.11 Å². The predicted octanol–water partition coefficient (Wildman–Crippen LogP) is 6.68. The summed E-state index contributed by atoms with van der Waals surface area (Å²) in [6, 6.07) is 18.2. The van der Waals surface area contributed by atoms with E-state index < -0.39 is 5.56 Å². The maximum absolute atomic E-state index is 13.1. The highest BCUT2D eigenvalue weighted by atomic mass is 16.3. The molecule has 0 bridgehead atoms. The fourth-order valence-corrected chi connectivity index (χ4v) is 3.83. The Balaban J connectivity index is 1.62. The standard InChI is InChI=1S/C24H22N6O2/c1-16-21(15-25)23(31)30(20-9-5-6-10-20)24(32)22(16)29-28-19-13-11-18(12-14-19)27-26-17-7-3-2-4-8-17/h2-4,7-8,11-14,20,31H,5-6,9-10H2,1H3. The van der Waals surface area contributed by atoms with Crippen molar-refractivity contribution in [3.05, 3.63) is 76.1 Å². The van der Waals surface area contributed by atoms with Crippen molar-refractivity contribution >= 4 is 22.7 Å². The Morgan fingerprint density at radius 3 is 2.00 bits per heavy atom. The molecule has 8 heteroatoms. The molecule has 0 spiro atoms. The van der Waals surface area contributed by atoms with Gasteiger partial charge < -0.3 is 5.11 Å². The Bertz CT molecular complexity index is 1270. The molecular formula is C24H22N6O2. The van der Waals surface area contributed by atoms with Gasteiger partial charge in [-0.25, -0.2) is 0 Å². The van der Waals surface area contributed by atoms with Crippen LogP contribution in [0.5, 0.6) is 5.88 Å². The summed E-state index contributed by atoms with van der Waals surface area (Å²) >= 11 is 0. The molecule has 0 atom stereocenters. The molecule has 1 aliphatic carbocycles. The number of nitrogens with zero attached hydrogens (tertiary/aromatic N) is 6. The average molecular weight is 426 g/mol. The van der Waals surface area contributed by atoms with Crippen LogP contribution in [0.15, 0.2) is 79.8 Å². The van der Waals surface area contributed by atoms with Gasteiger partial charge in [0.1, 0.15) is 11.6 Å². The van der Waals surface area contributed by atoms with Crippen LogP contribution in [0.2, 0.25) is 0 Å². The van der Waals surface area contributed by atoms with Crippen molar-refractivity contribution in [3.8, 4) is 11.9 Å². The molecule has 1 heterocycles. The molecule has 1 fully saturated rings. The molecule has 160 valence electrons. The molecule has 0 amide bonds. The molecule has 1 aromatic heterocycles. The number of benzene rings is 2. The maximum atomic E-state index is 13.1. The molecule has 0 radical (unpaired) electrons. The quantitative estimate of drug-likeness (QED) is 0.459. The second-order valence-corrected chi connectivity index (χ2v) is 7.65. The Hall–Kier alpha value is -4.12. The van der Waals surface area contributed by atoms with Crippen molar-refractivity contribution in [2.75, 3.05) is 0 Å². The molecule has 8 nitrogen and oxygen atoms in total. The Labute approximate surface area is 185 Å². The lowest BCUT2D eigenvalue weighted by molar-refractivity contribution is 0.368. The van der Waals surface area contributed by atoms with E-state index in [2.05, 4.69) is 20.5 Å². The van der Waals surface area contributed by atoms with Gasteiger partial charge >= 0.3 is 0 Å². The Morgan fingerprint density at radius 2 is 1.44 bits per heavy atom. The molecular weight excluding hydrogens is 404 g/mol. The van der Waals surface area contributed by atoms with Crippen LogP contribution in [0.4, 0.5) is 22.7 Å². The summed E-state index contributed by atoms with van der Waals surface area (Å²) < 4.78 is 1.31. The summed E-state index contributed by atoms with van der Waals surface area (Å²) in [5.41, 5.74) is 1.96. The first-order valence-electron chi connectivity index (χ1n) is 10.4. The number of hydrogen-bond donors (Lipinski definition) is 1. The monoisotopic (exact) mass is 426 g/mol. The summed E-state index contributed by atoms with van der Waals surface area (Å²) in [5, 5.41) is 36.7. The van der Waals surface area contributed by atoms with Gasteiger partial charge in [-0.05, 0) is 56.2 Å². The van der Waals surface area contributed by atoms with Gasteiger partial charge in [0.05, 0.1) is 17.1 Å². The van der Waals surface area contributed by atoms with Crippen LogP contribution in [-0.2, 0) is 0 Å². The second kappa shape index (κ2) is 9.35. The highest BCUT2D eigenvalue weighted by molar-refractivity contribution is 5.57. The minimum atomic E-state index is -0.428. The lowest BCUT2D eigenvalue weighted by Crippen LogP contribution is -2.24. The third-order valence-corrected chi connectivity index (χ3v) is 5.56. The van der Waals surface area contributed by atoms with Crippen molar-refractivity contribution in [3.63, 3.8) is 0 Å². The van der Waals surface area contributed by atoms with E-state index >= 15 is 0 Å². The van der Waals surface area contributed by atoms with E-state index in [9.17, 15) is 15.2 Å². The van der Waals surface area contributed by atoms with Gasteiger partial charge in [0.2, 0.25) is 5.88 Å². The van der Waals surface area contributed by atoms with E-state index in [1.807, 2.05) is 36.4 Å². The SMILES string of the molecule is Cc1c(C#N)c(O)n(C2CCCC2)c(=O)c1N=Nc1ccc(N=Nc2ccccc2)cc1. The zero-order valence-corrected chi connectivity index (χ0v) is 17.6. The minimum Gasteiger partial charge on any atom is -0.493 e. The molecule has 32 heavy (non-hydrogen) atoms.